The minimum absolute atomic E-state index is 0.150. The van der Waals surface area contributed by atoms with Gasteiger partial charge in [-0.05, 0) is 24.4 Å². The number of aromatic nitrogens is 3. The molecule has 0 aromatic carbocycles. The zero-order valence-corrected chi connectivity index (χ0v) is 10.8. The van der Waals surface area contributed by atoms with Crippen LogP contribution in [0.25, 0.3) is 21.6 Å². The maximum absolute atomic E-state index is 11.4. The van der Waals surface area contributed by atoms with Gasteiger partial charge in [0, 0.05) is 11.8 Å². The van der Waals surface area contributed by atoms with E-state index in [9.17, 15) is 4.79 Å². The Bertz CT molecular complexity index is 734. The van der Waals surface area contributed by atoms with Crippen molar-refractivity contribution in [1.82, 2.24) is 15.1 Å². The van der Waals surface area contributed by atoms with E-state index in [1.165, 1.54) is 0 Å². The van der Waals surface area contributed by atoms with E-state index in [2.05, 4.69) is 15.1 Å². The summed E-state index contributed by atoms with van der Waals surface area (Å²) >= 11 is 1.58. The minimum atomic E-state index is -0.619. The predicted molar refractivity (Wildman–Crippen MR) is 68.9 cm³/mol. The van der Waals surface area contributed by atoms with Crippen LogP contribution in [0.2, 0.25) is 0 Å². The van der Waals surface area contributed by atoms with Crippen molar-refractivity contribution in [3.8, 4) is 11.4 Å². The quantitative estimate of drug-likeness (QED) is 0.683. The maximum atomic E-state index is 11.4. The van der Waals surface area contributed by atoms with E-state index in [-0.39, 0.29) is 12.5 Å². The molecule has 0 aliphatic heterocycles. The van der Waals surface area contributed by atoms with Crippen LogP contribution >= 0.6 is 11.3 Å². The van der Waals surface area contributed by atoms with Gasteiger partial charge >= 0.3 is 11.9 Å². The molecule has 0 aliphatic carbocycles. The highest BCUT2D eigenvalue weighted by Crippen LogP contribution is 2.24. The lowest BCUT2D eigenvalue weighted by atomic mass is 10.2. The SMILES string of the molecule is CCOC(=O)c1nc(-c2cnc3ccsc3c2)no1. The van der Waals surface area contributed by atoms with E-state index in [4.69, 9.17) is 9.26 Å². The molecule has 0 spiro atoms. The van der Waals surface area contributed by atoms with Crippen molar-refractivity contribution in [3.05, 3.63) is 29.6 Å². The molecule has 3 aromatic heterocycles. The highest BCUT2D eigenvalue weighted by molar-refractivity contribution is 7.17. The average Bonchev–Trinajstić information content (AvgIpc) is 3.07. The second-order valence-corrected chi connectivity index (χ2v) is 4.62. The van der Waals surface area contributed by atoms with Crippen LogP contribution < -0.4 is 0 Å². The average molecular weight is 275 g/mol. The van der Waals surface area contributed by atoms with Gasteiger partial charge in [-0.1, -0.05) is 5.16 Å². The number of hydrogen-bond acceptors (Lipinski definition) is 7. The summed E-state index contributed by atoms with van der Waals surface area (Å²) in [5, 5.41) is 5.72. The van der Waals surface area contributed by atoms with E-state index >= 15 is 0 Å². The summed E-state index contributed by atoms with van der Waals surface area (Å²) in [7, 11) is 0. The number of thiophene rings is 1. The van der Waals surface area contributed by atoms with Gasteiger partial charge < -0.3 is 9.26 Å². The summed E-state index contributed by atoms with van der Waals surface area (Å²) in [6.07, 6.45) is 1.65. The summed E-state index contributed by atoms with van der Waals surface area (Å²) in [5.74, 6) is -0.444. The maximum Gasteiger partial charge on any atom is 0.397 e. The molecule has 0 saturated carbocycles. The number of nitrogens with zero attached hydrogens (tertiary/aromatic N) is 3. The third-order valence-electron chi connectivity index (χ3n) is 2.44. The minimum Gasteiger partial charge on any atom is -0.459 e. The summed E-state index contributed by atoms with van der Waals surface area (Å²) in [4.78, 5) is 19.7. The Balaban J connectivity index is 1.95. The van der Waals surface area contributed by atoms with Crippen molar-refractivity contribution in [1.29, 1.82) is 0 Å². The zero-order valence-electron chi connectivity index (χ0n) is 9.99. The summed E-state index contributed by atoms with van der Waals surface area (Å²) < 4.78 is 10.7. The van der Waals surface area contributed by atoms with Crippen molar-refractivity contribution in [2.24, 2.45) is 0 Å². The first kappa shape index (κ1) is 11.8. The van der Waals surface area contributed by atoms with Gasteiger partial charge in [0.1, 0.15) is 0 Å². The molecule has 0 bridgehead atoms. The lowest BCUT2D eigenvalue weighted by Gasteiger charge is -1.94. The van der Waals surface area contributed by atoms with Gasteiger partial charge in [0.2, 0.25) is 5.82 Å². The smallest absolute Gasteiger partial charge is 0.397 e. The third-order valence-corrected chi connectivity index (χ3v) is 3.29. The number of pyridine rings is 1. The van der Waals surface area contributed by atoms with Gasteiger partial charge in [0.15, 0.2) is 0 Å². The Morgan fingerprint density at radius 3 is 3.26 bits per heavy atom. The standard InChI is InChI=1S/C12H9N3O3S/c1-2-17-12(16)11-14-10(15-18-11)7-5-9-8(13-6-7)3-4-19-9/h3-6H,2H2,1H3. The molecule has 3 rings (SSSR count). The molecule has 0 amide bonds. The molecule has 0 atom stereocenters. The van der Waals surface area contributed by atoms with Gasteiger partial charge in [-0.2, -0.15) is 4.98 Å². The van der Waals surface area contributed by atoms with E-state index in [1.807, 2.05) is 17.5 Å². The highest BCUT2D eigenvalue weighted by atomic mass is 32.1. The van der Waals surface area contributed by atoms with Crippen LogP contribution in [0.5, 0.6) is 0 Å². The van der Waals surface area contributed by atoms with E-state index < -0.39 is 5.97 Å². The summed E-state index contributed by atoms with van der Waals surface area (Å²) in [6, 6.07) is 3.84. The fourth-order valence-electron chi connectivity index (χ4n) is 1.59. The Morgan fingerprint density at radius 1 is 1.53 bits per heavy atom. The Labute approximate surface area is 112 Å². The van der Waals surface area contributed by atoms with Crippen molar-refractivity contribution >= 4 is 27.5 Å². The highest BCUT2D eigenvalue weighted by Gasteiger charge is 2.17. The molecule has 6 nitrogen and oxygen atoms in total. The van der Waals surface area contributed by atoms with Crippen molar-refractivity contribution in [3.63, 3.8) is 0 Å². The first-order valence-electron chi connectivity index (χ1n) is 5.62. The number of carbonyl (C=O) groups is 1. The number of hydrogen-bond donors (Lipinski definition) is 0. The summed E-state index contributed by atoms with van der Waals surface area (Å²) in [6.45, 7) is 1.98. The number of rotatable bonds is 3. The van der Waals surface area contributed by atoms with Crippen LogP contribution in [0.15, 0.2) is 28.2 Å². The van der Waals surface area contributed by atoms with Crippen LogP contribution in [0.3, 0.4) is 0 Å². The predicted octanol–water partition coefficient (Wildman–Crippen LogP) is 2.52. The van der Waals surface area contributed by atoms with Gasteiger partial charge in [0.05, 0.1) is 16.8 Å². The van der Waals surface area contributed by atoms with Gasteiger partial charge in [0.25, 0.3) is 0 Å². The van der Waals surface area contributed by atoms with E-state index in [0.717, 1.165) is 10.2 Å². The largest absolute Gasteiger partial charge is 0.459 e. The topological polar surface area (TPSA) is 78.1 Å². The molecule has 0 saturated heterocycles. The number of esters is 1. The molecule has 3 heterocycles. The van der Waals surface area contributed by atoms with Gasteiger partial charge in [-0.15, -0.1) is 11.3 Å². The second kappa shape index (κ2) is 4.77. The molecule has 96 valence electrons. The lowest BCUT2D eigenvalue weighted by molar-refractivity contribution is 0.0470. The first-order chi connectivity index (χ1) is 9.28. The molecule has 7 heteroatoms. The number of fused-ring (bicyclic) bond motifs is 1. The fourth-order valence-corrected chi connectivity index (χ4v) is 2.37. The van der Waals surface area contributed by atoms with Crippen LogP contribution in [0, 0.1) is 0 Å². The number of ether oxygens (including phenoxy) is 1. The fraction of sp³-hybridized carbons (Fsp3) is 0.167. The van der Waals surface area contributed by atoms with Gasteiger partial charge in [-0.25, -0.2) is 4.79 Å². The Morgan fingerprint density at radius 2 is 2.42 bits per heavy atom. The molecule has 0 N–H and O–H groups in total. The zero-order chi connectivity index (χ0) is 13.2. The monoisotopic (exact) mass is 275 g/mol. The first-order valence-corrected chi connectivity index (χ1v) is 6.50. The van der Waals surface area contributed by atoms with Crippen LogP contribution in [-0.4, -0.2) is 27.7 Å². The van der Waals surface area contributed by atoms with Crippen LogP contribution in [0.1, 0.15) is 17.6 Å². The molecule has 3 aromatic rings. The summed E-state index contributed by atoms with van der Waals surface area (Å²) in [5.41, 5.74) is 1.62. The molecule has 0 radical (unpaired) electrons. The van der Waals surface area contributed by atoms with Crippen molar-refractivity contribution in [2.45, 2.75) is 6.92 Å². The second-order valence-electron chi connectivity index (χ2n) is 3.67. The Hall–Kier alpha value is -2.28. The molecule has 19 heavy (non-hydrogen) atoms. The molecule has 0 unspecified atom stereocenters. The molecule has 0 fully saturated rings. The van der Waals surface area contributed by atoms with E-state index in [0.29, 0.717) is 11.4 Å². The van der Waals surface area contributed by atoms with Crippen LogP contribution in [0.4, 0.5) is 0 Å². The van der Waals surface area contributed by atoms with E-state index in [1.54, 1.807) is 24.5 Å². The molecule has 0 aliphatic rings. The third kappa shape index (κ3) is 2.19. The molecular formula is C12H9N3O3S. The number of carbonyl (C=O) groups excluding carboxylic acids is 1. The van der Waals surface area contributed by atoms with Crippen molar-refractivity contribution in [2.75, 3.05) is 6.61 Å². The normalized spacial score (nSPS) is 10.8. The van der Waals surface area contributed by atoms with Crippen LogP contribution in [-0.2, 0) is 4.74 Å². The molecular weight excluding hydrogens is 266 g/mol. The van der Waals surface area contributed by atoms with Crippen molar-refractivity contribution < 1.29 is 14.1 Å². The lowest BCUT2D eigenvalue weighted by Crippen LogP contribution is -2.04. The Kier molecular flexibility index (Phi) is 2.96. The van der Waals surface area contributed by atoms with Gasteiger partial charge in [-0.3, -0.25) is 4.98 Å².